The van der Waals surface area contributed by atoms with Gasteiger partial charge in [-0.25, -0.2) is 0 Å². The van der Waals surface area contributed by atoms with Gasteiger partial charge in [0.05, 0.1) is 0 Å². The molecule has 0 saturated carbocycles. The van der Waals surface area contributed by atoms with Crippen LogP contribution in [0.1, 0.15) is 80.1 Å². The summed E-state index contributed by atoms with van der Waals surface area (Å²) >= 11 is 0. The largest absolute Gasteiger partial charge is 0.0654 e. The highest BCUT2D eigenvalue weighted by molar-refractivity contribution is 4.75. The molecule has 0 bridgehead atoms. The van der Waals surface area contributed by atoms with E-state index in [1.165, 1.54) is 38.5 Å². The maximum Gasteiger partial charge on any atom is -0.0326 e. The van der Waals surface area contributed by atoms with Crippen molar-refractivity contribution in [2.75, 3.05) is 0 Å². The normalized spacial score (nSPS) is 12.8. The monoisotopic (exact) mass is 212 g/mol. The van der Waals surface area contributed by atoms with Crippen molar-refractivity contribution in [2.45, 2.75) is 80.1 Å². The summed E-state index contributed by atoms with van der Waals surface area (Å²) < 4.78 is 0. The Balaban J connectivity index is 4.05. The van der Waals surface area contributed by atoms with Gasteiger partial charge in [-0.2, -0.15) is 0 Å². The van der Waals surface area contributed by atoms with Crippen LogP contribution < -0.4 is 0 Å². The van der Waals surface area contributed by atoms with Crippen molar-refractivity contribution in [2.24, 2.45) is 17.3 Å². The topological polar surface area (TPSA) is 0 Å². The predicted octanol–water partition coefficient (Wildman–Crippen LogP) is 5.67. The molecule has 0 saturated heterocycles. The molecule has 0 aliphatic carbocycles. The predicted molar refractivity (Wildman–Crippen MR) is 71.2 cm³/mol. The summed E-state index contributed by atoms with van der Waals surface area (Å²) in [6.45, 7) is 14.2. The molecule has 0 aromatic rings. The highest BCUT2D eigenvalue weighted by atomic mass is 14.3. The molecule has 0 atom stereocenters. The molecule has 0 fully saturated rings. The molecular formula is C15H32. The quantitative estimate of drug-likeness (QED) is 0.486. The Morgan fingerprint density at radius 1 is 0.800 bits per heavy atom. The van der Waals surface area contributed by atoms with Gasteiger partial charge in [0, 0.05) is 0 Å². The summed E-state index contributed by atoms with van der Waals surface area (Å²) in [5.74, 6) is 1.72. The van der Waals surface area contributed by atoms with Gasteiger partial charge in [-0.3, -0.25) is 0 Å². The molecule has 0 aliphatic rings. The molecule has 0 heterocycles. The zero-order valence-corrected chi connectivity index (χ0v) is 11.9. The Hall–Kier alpha value is 0. The van der Waals surface area contributed by atoms with Crippen LogP contribution in [0, 0.1) is 17.3 Å². The van der Waals surface area contributed by atoms with Crippen LogP contribution in [0.5, 0.6) is 0 Å². The molecule has 0 N–H and O–H groups in total. The Kier molecular flexibility index (Phi) is 7.30. The first-order valence-electron chi connectivity index (χ1n) is 6.89. The van der Waals surface area contributed by atoms with Gasteiger partial charge in [-0.1, -0.05) is 60.8 Å². The first-order chi connectivity index (χ1) is 6.89. The van der Waals surface area contributed by atoms with Crippen LogP contribution in [0.2, 0.25) is 0 Å². The van der Waals surface area contributed by atoms with Gasteiger partial charge in [0.15, 0.2) is 0 Å². The standard InChI is InChI=1S/C15H32/c1-7-10-15(6,11-8-13(2)3)12-9-14(4)5/h13-14H,7-12H2,1-6H3. The lowest BCUT2D eigenvalue weighted by Gasteiger charge is -2.31. The van der Waals surface area contributed by atoms with Crippen LogP contribution in [0.15, 0.2) is 0 Å². The summed E-state index contributed by atoms with van der Waals surface area (Å²) in [4.78, 5) is 0. The Bertz CT molecular complexity index is 132. The first-order valence-corrected chi connectivity index (χ1v) is 6.89. The second-order valence-electron chi connectivity index (χ2n) is 6.43. The van der Waals surface area contributed by atoms with E-state index in [1.807, 2.05) is 0 Å². The van der Waals surface area contributed by atoms with E-state index in [9.17, 15) is 0 Å². The van der Waals surface area contributed by atoms with E-state index in [0.29, 0.717) is 5.41 Å². The first kappa shape index (κ1) is 15.0. The maximum atomic E-state index is 2.50. The molecule has 0 unspecified atom stereocenters. The SMILES string of the molecule is CCCC(C)(CCC(C)C)CCC(C)C. The van der Waals surface area contributed by atoms with Gasteiger partial charge in [0.25, 0.3) is 0 Å². The molecule has 0 radical (unpaired) electrons. The maximum absolute atomic E-state index is 2.50. The van der Waals surface area contributed by atoms with Crippen LogP contribution in [-0.2, 0) is 0 Å². The lowest BCUT2D eigenvalue weighted by atomic mass is 9.75. The Labute approximate surface area is 97.8 Å². The summed E-state index contributed by atoms with van der Waals surface area (Å²) in [7, 11) is 0. The zero-order chi connectivity index (χ0) is 11.9. The fourth-order valence-electron chi connectivity index (χ4n) is 2.25. The molecule has 92 valence electrons. The second kappa shape index (κ2) is 7.30. The summed E-state index contributed by atoms with van der Waals surface area (Å²) in [6, 6.07) is 0. The summed E-state index contributed by atoms with van der Waals surface area (Å²) in [5.41, 5.74) is 0.614. The Morgan fingerprint density at radius 3 is 1.47 bits per heavy atom. The molecule has 0 aromatic heterocycles. The van der Waals surface area contributed by atoms with Crippen LogP contribution in [0.25, 0.3) is 0 Å². The highest BCUT2D eigenvalue weighted by Crippen LogP contribution is 2.36. The van der Waals surface area contributed by atoms with Crippen molar-refractivity contribution in [3.05, 3.63) is 0 Å². The van der Waals surface area contributed by atoms with E-state index in [-0.39, 0.29) is 0 Å². The molecule has 0 rings (SSSR count). The van der Waals surface area contributed by atoms with Crippen LogP contribution >= 0.6 is 0 Å². The molecule has 0 heteroatoms. The number of rotatable bonds is 8. The van der Waals surface area contributed by atoms with Crippen molar-refractivity contribution >= 4 is 0 Å². The van der Waals surface area contributed by atoms with Crippen molar-refractivity contribution < 1.29 is 0 Å². The number of hydrogen-bond donors (Lipinski definition) is 0. The Morgan fingerprint density at radius 2 is 1.20 bits per heavy atom. The fourth-order valence-corrected chi connectivity index (χ4v) is 2.25. The van der Waals surface area contributed by atoms with Crippen LogP contribution in [0.4, 0.5) is 0 Å². The summed E-state index contributed by atoms with van der Waals surface area (Å²) in [6.07, 6.45) is 8.39. The third-order valence-corrected chi connectivity index (χ3v) is 3.50. The molecule has 0 aromatic carbocycles. The van der Waals surface area contributed by atoms with E-state index in [0.717, 1.165) is 11.8 Å². The molecule has 0 nitrogen and oxygen atoms in total. The van der Waals surface area contributed by atoms with Crippen molar-refractivity contribution in [1.29, 1.82) is 0 Å². The molecule has 0 amide bonds. The molecule has 0 aliphatic heterocycles. The number of hydrogen-bond acceptors (Lipinski definition) is 0. The lowest BCUT2D eigenvalue weighted by Crippen LogP contribution is -2.18. The minimum atomic E-state index is 0.614. The molecular weight excluding hydrogens is 180 g/mol. The minimum Gasteiger partial charge on any atom is -0.0654 e. The van der Waals surface area contributed by atoms with E-state index in [4.69, 9.17) is 0 Å². The average Bonchev–Trinajstić information content (AvgIpc) is 2.13. The third kappa shape index (κ3) is 7.88. The summed E-state index contributed by atoms with van der Waals surface area (Å²) in [5, 5.41) is 0. The lowest BCUT2D eigenvalue weighted by molar-refractivity contribution is 0.213. The van der Waals surface area contributed by atoms with Gasteiger partial charge < -0.3 is 0 Å². The van der Waals surface area contributed by atoms with Crippen molar-refractivity contribution in [3.8, 4) is 0 Å². The fraction of sp³-hybridized carbons (Fsp3) is 1.00. The van der Waals surface area contributed by atoms with Gasteiger partial charge in [-0.05, 0) is 36.5 Å². The van der Waals surface area contributed by atoms with E-state index in [2.05, 4.69) is 41.5 Å². The highest BCUT2D eigenvalue weighted by Gasteiger charge is 2.23. The minimum absolute atomic E-state index is 0.614. The molecule has 0 spiro atoms. The van der Waals surface area contributed by atoms with E-state index >= 15 is 0 Å². The van der Waals surface area contributed by atoms with E-state index in [1.54, 1.807) is 0 Å². The van der Waals surface area contributed by atoms with Crippen LogP contribution in [0.3, 0.4) is 0 Å². The second-order valence-corrected chi connectivity index (χ2v) is 6.43. The van der Waals surface area contributed by atoms with Crippen LogP contribution in [-0.4, -0.2) is 0 Å². The van der Waals surface area contributed by atoms with Gasteiger partial charge in [0.1, 0.15) is 0 Å². The van der Waals surface area contributed by atoms with Gasteiger partial charge in [0.2, 0.25) is 0 Å². The van der Waals surface area contributed by atoms with Crippen molar-refractivity contribution in [1.82, 2.24) is 0 Å². The van der Waals surface area contributed by atoms with E-state index < -0.39 is 0 Å². The third-order valence-electron chi connectivity index (χ3n) is 3.50. The smallest absolute Gasteiger partial charge is 0.0326 e. The molecule has 15 heavy (non-hydrogen) atoms. The average molecular weight is 212 g/mol. The zero-order valence-electron chi connectivity index (χ0n) is 11.9. The van der Waals surface area contributed by atoms with Crippen molar-refractivity contribution in [3.63, 3.8) is 0 Å². The van der Waals surface area contributed by atoms with Gasteiger partial charge >= 0.3 is 0 Å². The van der Waals surface area contributed by atoms with Gasteiger partial charge in [-0.15, -0.1) is 0 Å².